The van der Waals surface area contributed by atoms with E-state index in [1.165, 1.54) is 0 Å². The summed E-state index contributed by atoms with van der Waals surface area (Å²) in [6.45, 7) is 11.9. The first-order chi connectivity index (χ1) is 16.3. The summed E-state index contributed by atoms with van der Waals surface area (Å²) in [5.74, 6) is -2.59. The van der Waals surface area contributed by atoms with E-state index in [9.17, 15) is 19.5 Å². The van der Waals surface area contributed by atoms with Gasteiger partial charge in [0, 0.05) is 32.1 Å². The lowest BCUT2D eigenvalue weighted by atomic mass is 9.70. The molecule has 3 rings (SSSR count). The van der Waals surface area contributed by atoms with Crippen LogP contribution in [0.15, 0.2) is 12.2 Å². The fraction of sp³-hybridized carbons (Fsp3) is 0.800. The molecule has 9 heteroatoms. The van der Waals surface area contributed by atoms with Crippen LogP contribution in [-0.2, 0) is 23.9 Å². The summed E-state index contributed by atoms with van der Waals surface area (Å²) in [5.41, 5.74) is 0. The zero-order valence-electron chi connectivity index (χ0n) is 20.9. The molecule has 0 radical (unpaired) electrons. The Labute approximate surface area is 202 Å². The molecular weight excluding hydrogens is 438 g/mol. The maximum absolute atomic E-state index is 13.8. The number of allylic oxidation sites excluding steroid dienone is 1. The second kappa shape index (κ2) is 12.1. The van der Waals surface area contributed by atoms with Crippen molar-refractivity contribution in [2.45, 2.75) is 46.2 Å². The first-order valence-electron chi connectivity index (χ1n) is 12.7. The Bertz CT molecular complexity index is 751. The summed E-state index contributed by atoms with van der Waals surface area (Å²) < 4.78 is 10.7. The fourth-order valence-electron chi connectivity index (χ4n) is 5.62. The number of rotatable bonds is 10. The lowest BCUT2D eigenvalue weighted by Gasteiger charge is -2.34. The summed E-state index contributed by atoms with van der Waals surface area (Å²) in [6, 6.07) is -1.25. The third-order valence-electron chi connectivity index (χ3n) is 7.21. The Kier molecular flexibility index (Phi) is 9.50. The molecule has 0 aromatic carbocycles. The molecule has 2 N–H and O–H groups in total. The van der Waals surface area contributed by atoms with E-state index in [1.807, 2.05) is 32.9 Å². The van der Waals surface area contributed by atoms with Gasteiger partial charge in [-0.3, -0.25) is 19.3 Å². The van der Waals surface area contributed by atoms with Crippen LogP contribution in [0.4, 0.5) is 0 Å². The van der Waals surface area contributed by atoms with Crippen molar-refractivity contribution in [3.63, 3.8) is 0 Å². The highest BCUT2D eigenvalue weighted by molar-refractivity contribution is 5.96. The van der Waals surface area contributed by atoms with Crippen LogP contribution >= 0.6 is 0 Å². The third-order valence-corrected chi connectivity index (χ3v) is 7.21. The zero-order chi connectivity index (χ0) is 24.8. The lowest BCUT2D eigenvalue weighted by Crippen LogP contribution is -2.53. The van der Waals surface area contributed by atoms with Crippen LogP contribution in [0.2, 0.25) is 0 Å². The van der Waals surface area contributed by atoms with Gasteiger partial charge in [0.15, 0.2) is 0 Å². The molecule has 0 saturated carbocycles. The zero-order valence-corrected chi connectivity index (χ0v) is 20.9. The summed E-state index contributed by atoms with van der Waals surface area (Å²) in [4.78, 5) is 44.0. The molecule has 0 unspecified atom stereocenters. The van der Waals surface area contributed by atoms with Crippen LogP contribution in [0.5, 0.6) is 0 Å². The van der Waals surface area contributed by atoms with E-state index in [2.05, 4.69) is 10.2 Å². The average Bonchev–Trinajstić information content (AvgIpc) is 3.10. The van der Waals surface area contributed by atoms with Gasteiger partial charge in [-0.2, -0.15) is 0 Å². The molecule has 0 aromatic heterocycles. The van der Waals surface area contributed by atoms with Crippen molar-refractivity contribution in [1.82, 2.24) is 15.1 Å². The van der Waals surface area contributed by atoms with E-state index >= 15 is 0 Å². The van der Waals surface area contributed by atoms with Gasteiger partial charge in [-0.05, 0) is 25.2 Å². The van der Waals surface area contributed by atoms with Crippen molar-refractivity contribution in [2.24, 2.45) is 29.6 Å². The Balaban J connectivity index is 1.84. The fourth-order valence-corrected chi connectivity index (χ4v) is 5.62. The lowest BCUT2D eigenvalue weighted by molar-refractivity contribution is -0.156. The van der Waals surface area contributed by atoms with E-state index in [0.717, 1.165) is 13.1 Å². The van der Waals surface area contributed by atoms with Crippen LogP contribution in [-0.4, -0.2) is 97.4 Å². The molecule has 2 fully saturated rings. The monoisotopic (exact) mass is 479 g/mol. The Morgan fingerprint density at radius 3 is 2.59 bits per heavy atom. The van der Waals surface area contributed by atoms with Gasteiger partial charge in [-0.25, -0.2) is 0 Å². The second-order valence-corrected chi connectivity index (χ2v) is 10.0. The summed E-state index contributed by atoms with van der Waals surface area (Å²) in [6.07, 6.45) is 4.41. The predicted molar refractivity (Wildman–Crippen MR) is 127 cm³/mol. The molecule has 2 amide bonds. The predicted octanol–water partition coefficient (Wildman–Crippen LogP) is 0.670. The smallest absolute Gasteiger partial charge is 0.310 e. The first kappa shape index (κ1) is 26.6. The normalized spacial score (nSPS) is 30.4. The number of carbonyl (C=O) groups excluding carboxylic acids is 3. The van der Waals surface area contributed by atoms with Gasteiger partial charge >= 0.3 is 5.97 Å². The van der Waals surface area contributed by atoms with E-state index in [-0.39, 0.29) is 36.9 Å². The number of aliphatic hydroxyl groups is 1. The molecular formula is C25H41N3O6. The molecule has 2 aliphatic heterocycles. The number of hydrogen-bond acceptors (Lipinski definition) is 7. The van der Waals surface area contributed by atoms with Crippen molar-refractivity contribution in [2.75, 3.05) is 52.6 Å². The van der Waals surface area contributed by atoms with Crippen LogP contribution in [0.3, 0.4) is 0 Å². The topological polar surface area (TPSA) is 108 Å². The van der Waals surface area contributed by atoms with E-state index in [0.29, 0.717) is 32.7 Å². The molecule has 1 aliphatic carbocycles. The third kappa shape index (κ3) is 5.80. The minimum atomic E-state index is -0.765. The van der Waals surface area contributed by atoms with Gasteiger partial charge in [-0.1, -0.05) is 32.9 Å². The van der Waals surface area contributed by atoms with Crippen LogP contribution in [0, 0.1) is 29.6 Å². The van der Waals surface area contributed by atoms with Crippen LogP contribution < -0.4 is 5.32 Å². The largest absolute Gasteiger partial charge is 0.466 e. The number of ether oxygens (including phenoxy) is 2. The molecule has 2 saturated heterocycles. The summed E-state index contributed by atoms with van der Waals surface area (Å²) in [5, 5.41) is 13.2. The highest BCUT2D eigenvalue weighted by Gasteiger charge is 2.58. The molecule has 0 spiro atoms. The summed E-state index contributed by atoms with van der Waals surface area (Å²) in [7, 11) is 0. The number of likely N-dealkylation sites (tertiary alicyclic amines) is 1. The molecule has 0 aromatic rings. The number of hydrogen-bond donors (Lipinski definition) is 2. The Morgan fingerprint density at radius 1 is 1.26 bits per heavy atom. The Hall–Kier alpha value is -1.97. The number of fused-ring (bicyclic) bond motifs is 1. The summed E-state index contributed by atoms with van der Waals surface area (Å²) >= 11 is 0. The van der Waals surface area contributed by atoms with Crippen molar-refractivity contribution < 1.29 is 29.0 Å². The van der Waals surface area contributed by atoms with Crippen molar-refractivity contribution >= 4 is 17.8 Å². The van der Waals surface area contributed by atoms with E-state index in [4.69, 9.17) is 9.47 Å². The minimum Gasteiger partial charge on any atom is -0.466 e. The van der Waals surface area contributed by atoms with Crippen LogP contribution in [0.25, 0.3) is 0 Å². The standard InChI is InChI=1S/C25H41N3O6/c1-5-34-25(32)20-17(4)6-7-19-21(20)24(31)28(18(15-29)14-16(2)3)22(19)23(30)26-8-9-27-10-12-33-13-11-27/h6-7,16-22,29H,5,8-15H2,1-4H3,(H,26,30)/t17-,18-,19+,20-,21+,22+/m1/s1. The number of aliphatic hydroxyl groups excluding tert-OH is 1. The molecule has 3 aliphatic rings. The molecule has 9 nitrogen and oxygen atoms in total. The van der Waals surface area contributed by atoms with Gasteiger partial charge in [0.05, 0.1) is 44.3 Å². The molecule has 2 heterocycles. The van der Waals surface area contributed by atoms with E-state index in [1.54, 1.807) is 11.8 Å². The second-order valence-electron chi connectivity index (χ2n) is 10.0. The quantitative estimate of drug-likeness (QED) is 0.350. The van der Waals surface area contributed by atoms with Crippen LogP contribution in [0.1, 0.15) is 34.1 Å². The number of amides is 2. The van der Waals surface area contributed by atoms with E-state index < -0.39 is 35.8 Å². The van der Waals surface area contributed by atoms with Gasteiger partial charge in [0.1, 0.15) is 6.04 Å². The highest BCUT2D eigenvalue weighted by Crippen LogP contribution is 2.45. The molecule has 0 bridgehead atoms. The maximum atomic E-state index is 13.8. The van der Waals surface area contributed by atoms with Crippen molar-refractivity contribution in [1.29, 1.82) is 0 Å². The number of morpholine rings is 1. The van der Waals surface area contributed by atoms with Gasteiger partial charge in [0.25, 0.3) is 0 Å². The van der Waals surface area contributed by atoms with Crippen molar-refractivity contribution in [3.8, 4) is 0 Å². The minimum absolute atomic E-state index is 0.174. The molecule has 192 valence electrons. The molecule has 6 atom stereocenters. The first-order valence-corrected chi connectivity index (χ1v) is 12.7. The van der Waals surface area contributed by atoms with Gasteiger partial charge < -0.3 is 24.8 Å². The molecule has 34 heavy (non-hydrogen) atoms. The number of nitrogens with one attached hydrogen (secondary N) is 1. The average molecular weight is 480 g/mol. The van der Waals surface area contributed by atoms with Gasteiger partial charge in [-0.15, -0.1) is 0 Å². The highest BCUT2D eigenvalue weighted by atomic mass is 16.5. The SMILES string of the molecule is CCOC(=O)[C@H]1[C@H]2C(=O)N([C@@H](CO)CC(C)C)[C@H](C(=O)NCCN3CCOCC3)[C@H]2C=C[C@H]1C. The number of carbonyl (C=O) groups is 3. The van der Waals surface area contributed by atoms with Crippen molar-refractivity contribution in [3.05, 3.63) is 12.2 Å². The maximum Gasteiger partial charge on any atom is 0.310 e. The number of esters is 1. The number of nitrogens with zero attached hydrogens (tertiary/aromatic N) is 2. The van der Waals surface area contributed by atoms with Gasteiger partial charge in [0.2, 0.25) is 11.8 Å². The Morgan fingerprint density at radius 2 is 1.97 bits per heavy atom.